The Kier molecular flexibility index (Phi) is 7.06. The Hall–Kier alpha value is -1.64. The zero-order valence-electron chi connectivity index (χ0n) is 21.7. The van der Waals surface area contributed by atoms with Crippen LogP contribution >= 0.6 is 10.8 Å². The normalized spacial score (nSPS) is 21.9. The van der Waals surface area contributed by atoms with Crippen molar-refractivity contribution in [1.82, 2.24) is 19.0 Å². The summed E-state index contributed by atoms with van der Waals surface area (Å²) in [6.07, 6.45) is 8.38. The zero-order chi connectivity index (χ0) is 24.7. The van der Waals surface area contributed by atoms with E-state index in [4.69, 9.17) is 5.10 Å². The molecule has 4 rings (SSSR count). The van der Waals surface area contributed by atoms with Crippen molar-refractivity contribution in [2.24, 2.45) is 5.41 Å². The van der Waals surface area contributed by atoms with Gasteiger partial charge in [0, 0.05) is 31.6 Å². The van der Waals surface area contributed by atoms with Crippen LogP contribution in [0.15, 0.2) is 40.9 Å². The molecule has 2 N–H and O–H groups in total. The standard InChI is InChI=1S/C27H42N4O2S/c1-7-8-14-31-25-16-23-13-15-30(20-27(23,19-29(5)6)17-21(25)18-28-31)34(32,33)24-11-9-22(10-12-24)26(2,3)4/h9-12,16,18,32-33H,7-8,13-15,17,19-20H2,1-6H3/t27-/m0/s1. The highest BCUT2D eigenvalue weighted by atomic mass is 32.3. The first kappa shape index (κ1) is 25.5. The average molecular weight is 487 g/mol. The molecule has 0 amide bonds. The van der Waals surface area contributed by atoms with Gasteiger partial charge in [0.25, 0.3) is 0 Å². The lowest BCUT2D eigenvalue weighted by molar-refractivity contribution is 0.153. The molecule has 1 saturated heterocycles. The molecule has 0 radical (unpaired) electrons. The van der Waals surface area contributed by atoms with Gasteiger partial charge in [0.05, 0.1) is 16.8 Å². The van der Waals surface area contributed by atoms with Crippen LogP contribution in [0, 0.1) is 5.41 Å². The minimum absolute atomic E-state index is 0.0312. The summed E-state index contributed by atoms with van der Waals surface area (Å²) in [7, 11) is 1.15. The van der Waals surface area contributed by atoms with Gasteiger partial charge in [0.2, 0.25) is 0 Å². The van der Waals surface area contributed by atoms with Crippen LogP contribution in [0.5, 0.6) is 0 Å². The highest BCUT2D eigenvalue weighted by Gasteiger charge is 2.46. The number of piperidine rings is 1. The van der Waals surface area contributed by atoms with Gasteiger partial charge in [-0.2, -0.15) is 5.10 Å². The van der Waals surface area contributed by atoms with E-state index in [2.05, 4.69) is 57.4 Å². The smallest absolute Gasteiger partial charge is 0.0752 e. The molecule has 1 aliphatic carbocycles. The molecule has 7 heteroatoms. The lowest BCUT2D eigenvalue weighted by atomic mass is 9.68. The van der Waals surface area contributed by atoms with E-state index in [0.717, 1.165) is 38.8 Å². The zero-order valence-corrected chi connectivity index (χ0v) is 22.5. The molecule has 2 heterocycles. The van der Waals surface area contributed by atoms with E-state index in [-0.39, 0.29) is 10.8 Å². The molecule has 1 aliphatic heterocycles. The number of rotatable bonds is 7. The highest BCUT2D eigenvalue weighted by molar-refractivity contribution is 8.22. The third-order valence-corrected chi connectivity index (χ3v) is 9.27. The van der Waals surface area contributed by atoms with Crippen molar-refractivity contribution in [3.63, 3.8) is 0 Å². The largest absolute Gasteiger partial charge is 0.308 e. The molecule has 1 aromatic heterocycles. The number of unbranched alkanes of at least 4 members (excludes halogenated alkanes) is 1. The predicted molar refractivity (Wildman–Crippen MR) is 142 cm³/mol. The van der Waals surface area contributed by atoms with Gasteiger partial charge in [-0.1, -0.05) is 51.8 Å². The predicted octanol–water partition coefficient (Wildman–Crippen LogP) is 5.90. The van der Waals surface area contributed by atoms with Crippen LogP contribution in [0.1, 0.15) is 63.8 Å². The molecule has 1 atom stereocenters. The molecule has 0 unspecified atom stereocenters. The van der Waals surface area contributed by atoms with Gasteiger partial charge < -0.3 is 4.90 Å². The summed E-state index contributed by atoms with van der Waals surface area (Å²) >= 11 is 0. The molecule has 1 aromatic carbocycles. The fourth-order valence-corrected chi connectivity index (χ4v) is 7.06. The maximum Gasteiger partial charge on any atom is 0.0752 e. The van der Waals surface area contributed by atoms with Crippen LogP contribution in [0.3, 0.4) is 0 Å². The van der Waals surface area contributed by atoms with E-state index in [1.807, 2.05) is 34.8 Å². The number of nitrogens with zero attached hydrogens (tertiary/aromatic N) is 4. The van der Waals surface area contributed by atoms with Gasteiger partial charge in [0.1, 0.15) is 0 Å². The molecule has 2 aliphatic rings. The van der Waals surface area contributed by atoms with Crippen LogP contribution in [0.25, 0.3) is 6.08 Å². The molecule has 0 bridgehead atoms. The van der Waals surface area contributed by atoms with Crippen LogP contribution in [-0.4, -0.2) is 61.8 Å². The Morgan fingerprint density at radius 3 is 2.47 bits per heavy atom. The molecule has 188 valence electrons. The number of benzene rings is 1. The van der Waals surface area contributed by atoms with E-state index in [9.17, 15) is 9.11 Å². The summed E-state index contributed by atoms with van der Waals surface area (Å²) in [4.78, 5) is 2.84. The first-order valence-corrected chi connectivity index (χ1v) is 14.0. The van der Waals surface area contributed by atoms with Gasteiger partial charge in [0.15, 0.2) is 0 Å². The second-order valence-electron chi connectivity index (χ2n) is 11.4. The minimum atomic E-state index is -3.07. The molecular weight excluding hydrogens is 444 g/mol. The Morgan fingerprint density at radius 1 is 1.15 bits per heavy atom. The number of hydrogen-bond donors (Lipinski definition) is 2. The summed E-state index contributed by atoms with van der Waals surface area (Å²) < 4.78 is 27.0. The van der Waals surface area contributed by atoms with Gasteiger partial charge >= 0.3 is 0 Å². The average Bonchev–Trinajstić information content (AvgIpc) is 3.15. The monoisotopic (exact) mass is 486 g/mol. The Morgan fingerprint density at radius 2 is 1.85 bits per heavy atom. The minimum Gasteiger partial charge on any atom is -0.308 e. The molecule has 6 nitrogen and oxygen atoms in total. The maximum absolute atomic E-state index is 11.5. The molecule has 34 heavy (non-hydrogen) atoms. The van der Waals surface area contributed by atoms with Gasteiger partial charge in [-0.05, 0) is 68.1 Å². The molecular formula is C27H42N4O2S. The van der Waals surface area contributed by atoms with Crippen molar-refractivity contribution in [3.8, 4) is 0 Å². The third-order valence-electron chi connectivity index (χ3n) is 7.33. The van der Waals surface area contributed by atoms with Crippen LogP contribution in [0.2, 0.25) is 0 Å². The van der Waals surface area contributed by atoms with Crippen molar-refractivity contribution < 1.29 is 9.11 Å². The lowest BCUT2D eigenvalue weighted by Gasteiger charge is -2.53. The van der Waals surface area contributed by atoms with Gasteiger partial charge in [-0.15, -0.1) is 10.8 Å². The quantitative estimate of drug-likeness (QED) is 0.510. The van der Waals surface area contributed by atoms with E-state index >= 15 is 0 Å². The van der Waals surface area contributed by atoms with Crippen molar-refractivity contribution >= 4 is 16.9 Å². The van der Waals surface area contributed by atoms with E-state index < -0.39 is 10.8 Å². The van der Waals surface area contributed by atoms with Crippen LogP contribution in [-0.2, 0) is 18.4 Å². The van der Waals surface area contributed by atoms with Crippen molar-refractivity contribution in [2.75, 3.05) is 33.7 Å². The summed E-state index contributed by atoms with van der Waals surface area (Å²) in [5, 5.41) is 4.70. The molecule has 0 saturated carbocycles. The van der Waals surface area contributed by atoms with Crippen molar-refractivity contribution in [2.45, 2.75) is 70.2 Å². The number of hydrogen-bond acceptors (Lipinski definition) is 5. The third kappa shape index (κ3) is 4.86. The fraction of sp³-hybridized carbons (Fsp3) is 0.593. The second kappa shape index (κ2) is 9.43. The Labute approximate surface area is 207 Å². The van der Waals surface area contributed by atoms with Crippen LogP contribution in [0.4, 0.5) is 0 Å². The maximum atomic E-state index is 11.5. The first-order valence-electron chi connectivity index (χ1n) is 12.5. The van der Waals surface area contributed by atoms with E-state index in [1.54, 1.807) is 0 Å². The summed E-state index contributed by atoms with van der Waals surface area (Å²) in [6, 6.07) is 7.87. The summed E-state index contributed by atoms with van der Waals surface area (Å²) in [5.41, 5.74) is 5.01. The first-order chi connectivity index (χ1) is 16.0. The van der Waals surface area contributed by atoms with E-state index in [1.165, 1.54) is 22.4 Å². The molecule has 0 spiro atoms. The van der Waals surface area contributed by atoms with Crippen LogP contribution < -0.4 is 0 Å². The number of aryl methyl sites for hydroxylation is 1. The molecule has 2 aromatic rings. The Balaban J connectivity index is 1.64. The van der Waals surface area contributed by atoms with E-state index in [0.29, 0.717) is 18.0 Å². The molecule has 1 fully saturated rings. The second-order valence-corrected chi connectivity index (χ2v) is 13.4. The SMILES string of the molecule is CCCCn1ncc2c1C=C1CCN(S(O)(O)c3ccc(C(C)(C)C)cc3)C[C@@]1(CN(C)C)C2. The fourth-order valence-electron chi connectivity index (χ4n) is 5.49. The number of aromatic nitrogens is 2. The highest BCUT2D eigenvalue weighted by Crippen LogP contribution is 2.56. The topological polar surface area (TPSA) is 64.8 Å². The summed E-state index contributed by atoms with van der Waals surface area (Å²) in [6.45, 7) is 11.8. The van der Waals surface area contributed by atoms with Gasteiger partial charge in [-0.3, -0.25) is 13.8 Å². The Bertz CT molecular complexity index is 1040. The summed E-state index contributed by atoms with van der Waals surface area (Å²) in [5.74, 6) is 0. The van der Waals surface area contributed by atoms with Gasteiger partial charge in [-0.25, -0.2) is 4.31 Å². The van der Waals surface area contributed by atoms with Crippen molar-refractivity contribution in [3.05, 3.63) is 52.9 Å². The number of fused-ring (bicyclic) bond motifs is 2. The van der Waals surface area contributed by atoms with Crippen molar-refractivity contribution in [1.29, 1.82) is 0 Å². The lowest BCUT2D eigenvalue weighted by Crippen LogP contribution is -2.52.